The van der Waals surface area contributed by atoms with Crippen LogP contribution in [0.4, 0.5) is 5.69 Å². The number of hydrogen-bond donors (Lipinski definition) is 2. The fourth-order valence-corrected chi connectivity index (χ4v) is 2.44. The molecule has 0 bridgehead atoms. The molecule has 0 spiro atoms. The van der Waals surface area contributed by atoms with Crippen LogP contribution in [-0.4, -0.2) is 13.7 Å². The molecule has 2 rings (SSSR count). The van der Waals surface area contributed by atoms with Gasteiger partial charge in [0.2, 0.25) is 0 Å². The van der Waals surface area contributed by atoms with E-state index in [2.05, 4.69) is 33.4 Å². The monoisotopic (exact) mass is 334 g/mol. The normalized spacial score (nSPS) is 12.2. The minimum atomic E-state index is 0.0718. The van der Waals surface area contributed by atoms with Crippen molar-refractivity contribution in [3.63, 3.8) is 0 Å². The molecule has 4 heteroatoms. The van der Waals surface area contributed by atoms with Crippen LogP contribution in [0.1, 0.15) is 17.2 Å². The van der Waals surface area contributed by atoms with E-state index in [9.17, 15) is 0 Å². The summed E-state index contributed by atoms with van der Waals surface area (Å²) in [6.07, 6.45) is 0. The molecule has 0 saturated carbocycles. The first-order valence-electron chi connectivity index (χ1n) is 6.53. The average Bonchev–Trinajstić information content (AvgIpc) is 2.48. The Morgan fingerprint density at radius 3 is 2.50 bits per heavy atom. The fourth-order valence-electron chi connectivity index (χ4n) is 2.17. The van der Waals surface area contributed by atoms with E-state index in [0.29, 0.717) is 13.2 Å². The molecule has 0 fully saturated rings. The number of hydrogen-bond acceptors (Lipinski definition) is 3. The largest absolute Gasteiger partial charge is 0.380 e. The zero-order chi connectivity index (χ0) is 14.4. The van der Waals surface area contributed by atoms with Crippen molar-refractivity contribution >= 4 is 21.6 Å². The van der Waals surface area contributed by atoms with Crippen LogP contribution in [0, 0.1) is 0 Å². The molecule has 0 saturated heterocycles. The first-order valence-corrected chi connectivity index (χ1v) is 7.33. The van der Waals surface area contributed by atoms with Crippen molar-refractivity contribution in [2.45, 2.75) is 12.6 Å². The van der Waals surface area contributed by atoms with Gasteiger partial charge in [0.1, 0.15) is 0 Å². The summed E-state index contributed by atoms with van der Waals surface area (Å²) >= 11 is 3.44. The molecular formula is C16H19BrN2O. The number of halogens is 1. The quantitative estimate of drug-likeness (QED) is 0.846. The Balaban J connectivity index is 2.21. The van der Waals surface area contributed by atoms with Crippen molar-refractivity contribution in [1.29, 1.82) is 0 Å². The van der Waals surface area contributed by atoms with Gasteiger partial charge in [-0.3, -0.25) is 0 Å². The molecule has 0 heterocycles. The van der Waals surface area contributed by atoms with E-state index in [1.54, 1.807) is 7.11 Å². The number of anilines is 1. The number of rotatable bonds is 6. The van der Waals surface area contributed by atoms with Crippen LogP contribution in [0.25, 0.3) is 0 Å². The van der Waals surface area contributed by atoms with Gasteiger partial charge in [0.15, 0.2) is 0 Å². The Hall–Kier alpha value is -1.36. The summed E-state index contributed by atoms with van der Waals surface area (Å²) in [5.74, 6) is 0. The Labute approximate surface area is 128 Å². The third-order valence-electron chi connectivity index (χ3n) is 3.15. The zero-order valence-electron chi connectivity index (χ0n) is 11.5. The standard InChI is InChI=1S/C16H19BrN2O/c1-20-11-12-4-2-3-5-15(12)16(10-18)19-14-8-6-13(17)7-9-14/h2-9,16,19H,10-11,18H2,1H3. The van der Waals surface area contributed by atoms with Gasteiger partial charge in [-0.2, -0.15) is 0 Å². The minimum absolute atomic E-state index is 0.0718. The van der Waals surface area contributed by atoms with Crippen molar-refractivity contribution in [2.24, 2.45) is 5.73 Å². The molecule has 0 amide bonds. The van der Waals surface area contributed by atoms with Crippen LogP contribution >= 0.6 is 15.9 Å². The molecular weight excluding hydrogens is 316 g/mol. The first kappa shape index (κ1) is 15.0. The maximum absolute atomic E-state index is 5.94. The fraction of sp³-hybridized carbons (Fsp3) is 0.250. The highest BCUT2D eigenvalue weighted by Gasteiger charge is 2.13. The molecule has 2 aromatic carbocycles. The molecule has 106 valence electrons. The van der Waals surface area contributed by atoms with Crippen LogP contribution in [0.15, 0.2) is 53.0 Å². The molecule has 0 aromatic heterocycles. The van der Waals surface area contributed by atoms with Gasteiger partial charge in [-0.25, -0.2) is 0 Å². The Morgan fingerprint density at radius 2 is 1.85 bits per heavy atom. The molecule has 2 aromatic rings. The summed E-state index contributed by atoms with van der Waals surface area (Å²) in [5.41, 5.74) is 9.33. The lowest BCUT2D eigenvalue weighted by molar-refractivity contribution is 0.184. The highest BCUT2D eigenvalue weighted by Crippen LogP contribution is 2.23. The number of nitrogens with one attached hydrogen (secondary N) is 1. The topological polar surface area (TPSA) is 47.3 Å². The third-order valence-corrected chi connectivity index (χ3v) is 3.68. The van der Waals surface area contributed by atoms with Crippen LogP contribution in [0.3, 0.4) is 0 Å². The summed E-state index contributed by atoms with van der Waals surface area (Å²) in [6.45, 7) is 1.12. The lowest BCUT2D eigenvalue weighted by atomic mass is 10.0. The van der Waals surface area contributed by atoms with Gasteiger partial charge >= 0.3 is 0 Å². The van der Waals surface area contributed by atoms with Crippen LogP contribution in [0.5, 0.6) is 0 Å². The molecule has 3 nitrogen and oxygen atoms in total. The van der Waals surface area contributed by atoms with Crippen molar-refractivity contribution in [3.8, 4) is 0 Å². The van der Waals surface area contributed by atoms with Gasteiger partial charge in [0, 0.05) is 23.8 Å². The van der Waals surface area contributed by atoms with E-state index >= 15 is 0 Å². The average molecular weight is 335 g/mol. The molecule has 0 aliphatic carbocycles. The number of benzene rings is 2. The predicted octanol–water partition coefficient (Wildman–Crippen LogP) is 3.71. The summed E-state index contributed by atoms with van der Waals surface area (Å²) in [5, 5.41) is 3.47. The van der Waals surface area contributed by atoms with Crippen LogP contribution < -0.4 is 11.1 Å². The molecule has 1 atom stereocenters. The van der Waals surface area contributed by atoms with Gasteiger partial charge in [0.25, 0.3) is 0 Å². The summed E-state index contributed by atoms with van der Waals surface area (Å²) in [4.78, 5) is 0. The van der Waals surface area contributed by atoms with E-state index in [1.807, 2.05) is 36.4 Å². The zero-order valence-corrected chi connectivity index (χ0v) is 13.1. The highest BCUT2D eigenvalue weighted by atomic mass is 79.9. The van der Waals surface area contributed by atoms with Crippen molar-refractivity contribution in [2.75, 3.05) is 19.0 Å². The Morgan fingerprint density at radius 1 is 1.15 bits per heavy atom. The molecule has 1 unspecified atom stereocenters. The van der Waals surface area contributed by atoms with Gasteiger partial charge in [-0.1, -0.05) is 40.2 Å². The summed E-state index contributed by atoms with van der Waals surface area (Å²) < 4.78 is 6.32. The smallest absolute Gasteiger partial charge is 0.0716 e. The predicted molar refractivity (Wildman–Crippen MR) is 86.7 cm³/mol. The second-order valence-corrected chi connectivity index (χ2v) is 5.49. The van der Waals surface area contributed by atoms with Crippen LogP contribution in [-0.2, 0) is 11.3 Å². The number of ether oxygens (including phenoxy) is 1. The van der Waals surface area contributed by atoms with Gasteiger partial charge in [0.05, 0.1) is 12.6 Å². The van der Waals surface area contributed by atoms with Crippen molar-refractivity contribution < 1.29 is 4.74 Å². The lowest BCUT2D eigenvalue weighted by Gasteiger charge is -2.21. The van der Waals surface area contributed by atoms with E-state index in [-0.39, 0.29) is 6.04 Å². The SMILES string of the molecule is COCc1ccccc1C(CN)Nc1ccc(Br)cc1. The molecule has 0 aliphatic heterocycles. The molecule has 3 N–H and O–H groups in total. The van der Waals surface area contributed by atoms with Gasteiger partial charge in [-0.15, -0.1) is 0 Å². The second kappa shape index (κ2) is 7.43. The lowest BCUT2D eigenvalue weighted by Crippen LogP contribution is -2.22. The summed E-state index contributed by atoms with van der Waals surface area (Å²) in [7, 11) is 1.70. The minimum Gasteiger partial charge on any atom is -0.380 e. The highest BCUT2D eigenvalue weighted by molar-refractivity contribution is 9.10. The Bertz CT molecular complexity index is 542. The van der Waals surface area contributed by atoms with Crippen molar-refractivity contribution in [1.82, 2.24) is 0 Å². The van der Waals surface area contributed by atoms with Crippen molar-refractivity contribution in [3.05, 3.63) is 64.1 Å². The van der Waals surface area contributed by atoms with E-state index < -0.39 is 0 Å². The second-order valence-electron chi connectivity index (χ2n) is 4.57. The number of methoxy groups -OCH3 is 1. The van der Waals surface area contributed by atoms with E-state index in [4.69, 9.17) is 10.5 Å². The van der Waals surface area contributed by atoms with Crippen LogP contribution in [0.2, 0.25) is 0 Å². The van der Waals surface area contributed by atoms with Gasteiger partial charge < -0.3 is 15.8 Å². The van der Waals surface area contributed by atoms with E-state index in [1.165, 1.54) is 5.56 Å². The van der Waals surface area contributed by atoms with E-state index in [0.717, 1.165) is 15.7 Å². The molecule has 20 heavy (non-hydrogen) atoms. The third kappa shape index (κ3) is 3.82. The molecule has 0 aliphatic rings. The molecule has 0 radical (unpaired) electrons. The first-order chi connectivity index (χ1) is 9.74. The maximum atomic E-state index is 5.94. The summed E-state index contributed by atoms with van der Waals surface area (Å²) in [6, 6.07) is 16.4. The van der Waals surface area contributed by atoms with Gasteiger partial charge in [-0.05, 0) is 35.4 Å². The Kier molecular flexibility index (Phi) is 5.59. The number of nitrogens with two attached hydrogens (primary N) is 1. The maximum Gasteiger partial charge on any atom is 0.0716 e.